The van der Waals surface area contributed by atoms with Crippen LogP contribution in [0, 0.1) is 0 Å². The number of benzene rings is 1. The number of hydrogen-bond donors (Lipinski definition) is 4. The van der Waals surface area contributed by atoms with E-state index in [-0.39, 0.29) is 12.1 Å². The van der Waals surface area contributed by atoms with E-state index in [4.69, 9.17) is 10.5 Å². The zero-order valence-electron chi connectivity index (χ0n) is 15.3. The van der Waals surface area contributed by atoms with Gasteiger partial charge >= 0.3 is 6.09 Å². The number of rotatable bonds is 5. The molecule has 0 unspecified atom stereocenters. The summed E-state index contributed by atoms with van der Waals surface area (Å²) in [5, 5.41) is 15.9. The van der Waals surface area contributed by atoms with Gasteiger partial charge in [-0.1, -0.05) is 30.3 Å². The van der Waals surface area contributed by atoms with Crippen molar-refractivity contribution in [1.82, 2.24) is 35.7 Å². The predicted molar refractivity (Wildman–Crippen MR) is 98.5 cm³/mol. The zero-order valence-corrected chi connectivity index (χ0v) is 15.3. The van der Waals surface area contributed by atoms with Crippen molar-refractivity contribution in [3.8, 4) is 0 Å². The summed E-state index contributed by atoms with van der Waals surface area (Å²) in [4.78, 5) is 19.8. The van der Waals surface area contributed by atoms with Crippen molar-refractivity contribution < 1.29 is 9.53 Å². The van der Waals surface area contributed by atoms with Crippen molar-refractivity contribution in [2.75, 3.05) is 0 Å². The summed E-state index contributed by atoms with van der Waals surface area (Å²) < 4.78 is 5.19. The number of aromatic amines is 2. The predicted octanol–water partition coefficient (Wildman–Crippen LogP) is 1.47. The van der Waals surface area contributed by atoms with Gasteiger partial charge in [-0.3, -0.25) is 10.2 Å². The molecule has 2 fully saturated rings. The fourth-order valence-corrected chi connectivity index (χ4v) is 2.75. The highest BCUT2D eigenvalue weighted by Gasteiger charge is 2.49. The van der Waals surface area contributed by atoms with Crippen molar-refractivity contribution in [2.45, 2.75) is 43.4 Å². The Balaban J connectivity index is 0.000000177. The number of aromatic nitrogens is 6. The van der Waals surface area contributed by atoms with Crippen molar-refractivity contribution in [2.24, 2.45) is 5.73 Å². The van der Waals surface area contributed by atoms with Gasteiger partial charge in [0.2, 0.25) is 0 Å². The first kappa shape index (κ1) is 18.1. The molecule has 0 saturated heterocycles. The van der Waals surface area contributed by atoms with Crippen LogP contribution in [0.4, 0.5) is 4.79 Å². The second-order valence-electron chi connectivity index (χ2n) is 7.09. The Morgan fingerprint density at radius 3 is 2.21 bits per heavy atom. The molecule has 3 aromatic rings. The zero-order chi connectivity index (χ0) is 19.5. The lowest BCUT2D eigenvalue weighted by Gasteiger charge is -2.14. The standard InChI is InChI=1S/C13H14N4O2.C5H8N4/c18-12(19-8-10-4-2-1-3-5-10)16-13(6-7-13)11-14-9-15-17-11;6-5(1-2-5)4-7-3-8-9-4/h1-5,9H,6-8H2,(H,16,18)(H,14,15,17);3H,1-2,6H2,(H,7,8,9). The van der Waals surface area contributed by atoms with Crippen LogP contribution in [-0.2, 0) is 22.4 Å². The van der Waals surface area contributed by atoms with E-state index in [1.165, 1.54) is 12.7 Å². The molecule has 5 rings (SSSR count). The highest BCUT2D eigenvalue weighted by molar-refractivity contribution is 5.69. The molecule has 0 aliphatic heterocycles. The molecule has 0 bridgehead atoms. The highest BCUT2D eigenvalue weighted by atomic mass is 16.5. The average Bonchev–Trinajstić information content (AvgIpc) is 3.47. The first-order valence-electron chi connectivity index (χ1n) is 9.09. The summed E-state index contributed by atoms with van der Waals surface area (Å²) in [5.41, 5.74) is 6.17. The van der Waals surface area contributed by atoms with E-state index >= 15 is 0 Å². The molecule has 146 valence electrons. The lowest BCUT2D eigenvalue weighted by atomic mass is 10.2. The van der Waals surface area contributed by atoms with Crippen molar-refractivity contribution in [1.29, 1.82) is 0 Å². The number of carbonyl (C=O) groups excluding carboxylic acids is 1. The van der Waals surface area contributed by atoms with Gasteiger partial charge in [0, 0.05) is 0 Å². The van der Waals surface area contributed by atoms with E-state index < -0.39 is 11.6 Å². The highest BCUT2D eigenvalue weighted by Crippen LogP contribution is 2.43. The first-order valence-corrected chi connectivity index (χ1v) is 9.09. The molecule has 10 nitrogen and oxygen atoms in total. The Kier molecular flexibility index (Phi) is 4.78. The summed E-state index contributed by atoms with van der Waals surface area (Å²) >= 11 is 0. The molecule has 1 aromatic carbocycles. The van der Waals surface area contributed by atoms with Crippen LogP contribution in [0.5, 0.6) is 0 Å². The largest absolute Gasteiger partial charge is 0.445 e. The molecular weight excluding hydrogens is 360 g/mol. The van der Waals surface area contributed by atoms with Gasteiger partial charge in [-0.05, 0) is 31.2 Å². The topological polar surface area (TPSA) is 147 Å². The van der Waals surface area contributed by atoms with E-state index in [0.717, 1.165) is 37.1 Å². The SMILES string of the molecule is NC1(c2ncn[nH]2)CC1.O=C(NC1(c2ncn[nH]2)CC1)OCc1ccccc1. The molecule has 10 heteroatoms. The van der Waals surface area contributed by atoms with Crippen LogP contribution in [0.3, 0.4) is 0 Å². The van der Waals surface area contributed by atoms with Crippen LogP contribution < -0.4 is 11.1 Å². The van der Waals surface area contributed by atoms with Gasteiger partial charge in [0.15, 0.2) is 0 Å². The maximum absolute atomic E-state index is 11.8. The quantitative estimate of drug-likeness (QED) is 0.522. The molecule has 1 amide bonds. The summed E-state index contributed by atoms with van der Waals surface area (Å²) in [5.74, 6) is 1.51. The minimum atomic E-state index is -0.433. The van der Waals surface area contributed by atoms with Crippen LogP contribution in [-0.4, -0.2) is 36.5 Å². The number of hydrogen-bond acceptors (Lipinski definition) is 7. The van der Waals surface area contributed by atoms with E-state index in [9.17, 15) is 4.79 Å². The lowest BCUT2D eigenvalue weighted by molar-refractivity contribution is 0.133. The molecule has 5 N–H and O–H groups in total. The molecule has 28 heavy (non-hydrogen) atoms. The van der Waals surface area contributed by atoms with E-state index in [1.54, 1.807) is 0 Å². The van der Waals surface area contributed by atoms with Crippen LogP contribution in [0.2, 0.25) is 0 Å². The van der Waals surface area contributed by atoms with Gasteiger partial charge in [0.1, 0.15) is 36.4 Å². The normalized spacial score (nSPS) is 17.8. The van der Waals surface area contributed by atoms with Crippen molar-refractivity contribution >= 4 is 6.09 Å². The van der Waals surface area contributed by atoms with E-state index in [1.807, 2.05) is 30.3 Å². The Morgan fingerprint density at radius 1 is 1.04 bits per heavy atom. The summed E-state index contributed by atoms with van der Waals surface area (Å²) in [7, 11) is 0. The average molecular weight is 382 g/mol. The number of nitrogens with zero attached hydrogens (tertiary/aromatic N) is 4. The molecule has 2 aliphatic rings. The lowest BCUT2D eigenvalue weighted by Crippen LogP contribution is -2.36. The fourth-order valence-electron chi connectivity index (χ4n) is 2.75. The maximum atomic E-state index is 11.8. The number of nitrogens with two attached hydrogens (primary N) is 1. The molecule has 2 saturated carbocycles. The molecule has 0 radical (unpaired) electrons. The summed E-state index contributed by atoms with van der Waals surface area (Å²) in [6, 6.07) is 9.57. The third kappa shape index (κ3) is 4.17. The third-order valence-corrected chi connectivity index (χ3v) is 4.85. The molecular formula is C18H22N8O2. The number of H-pyrrole nitrogens is 2. The molecule has 2 aliphatic carbocycles. The monoisotopic (exact) mass is 382 g/mol. The number of ether oxygens (including phenoxy) is 1. The molecule has 2 aromatic heterocycles. The van der Waals surface area contributed by atoms with Gasteiger partial charge in [0.25, 0.3) is 0 Å². The molecule has 0 spiro atoms. The molecule has 2 heterocycles. The minimum absolute atomic E-state index is 0.156. The number of nitrogens with one attached hydrogen (secondary N) is 3. The van der Waals surface area contributed by atoms with Crippen LogP contribution in [0.15, 0.2) is 43.0 Å². The van der Waals surface area contributed by atoms with Crippen molar-refractivity contribution in [3.63, 3.8) is 0 Å². The van der Waals surface area contributed by atoms with Gasteiger partial charge < -0.3 is 15.8 Å². The first-order chi connectivity index (χ1) is 13.6. The minimum Gasteiger partial charge on any atom is -0.445 e. The number of amides is 1. The third-order valence-electron chi connectivity index (χ3n) is 4.85. The van der Waals surface area contributed by atoms with Gasteiger partial charge in [-0.15, -0.1) is 0 Å². The number of alkyl carbamates (subject to hydrolysis) is 1. The van der Waals surface area contributed by atoms with Gasteiger partial charge in [0.05, 0.1) is 5.54 Å². The molecule has 0 atom stereocenters. The second-order valence-corrected chi connectivity index (χ2v) is 7.09. The van der Waals surface area contributed by atoms with Crippen LogP contribution in [0.1, 0.15) is 42.9 Å². The summed E-state index contributed by atoms with van der Waals surface area (Å²) in [6.07, 6.45) is 6.25. The Morgan fingerprint density at radius 2 is 1.68 bits per heavy atom. The van der Waals surface area contributed by atoms with Gasteiger partial charge in [-0.2, -0.15) is 10.2 Å². The Hall–Kier alpha value is -3.27. The van der Waals surface area contributed by atoms with Gasteiger partial charge in [-0.25, -0.2) is 14.8 Å². The Bertz CT molecular complexity index is 887. The van der Waals surface area contributed by atoms with Crippen LogP contribution >= 0.6 is 0 Å². The maximum Gasteiger partial charge on any atom is 0.408 e. The van der Waals surface area contributed by atoms with E-state index in [0.29, 0.717) is 5.82 Å². The second kappa shape index (κ2) is 7.39. The Labute approximate surface area is 161 Å². The number of carbonyl (C=O) groups is 1. The van der Waals surface area contributed by atoms with Crippen molar-refractivity contribution in [3.05, 3.63) is 60.2 Å². The summed E-state index contributed by atoms with van der Waals surface area (Å²) in [6.45, 7) is 0.263. The van der Waals surface area contributed by atoms with Crippen LogP contribution in [0.25, 0.3) is 0 Å². The smallest absolute Gasteiger partial charge is 0.408 e. The van der Waals surface area contributed by atoms with E-state index in [2.05, 4.69) is 35.7 Å². The fraction of sp³-hybridized carbons (Fsp3) is 0.389.